The number of carbonyl (C=O) groups is 2. The van der Waals surface area contributed by atoms with Gasteiger partial charge in [0.1, 0.15) is 5.69 Å². The number of aliphatic carboxylic acids is 1. The van der Waals surface area contributed by atoms with E-state index in [4.69, 9.17) is 0 Å². The lowest BCUT2D eigenvalue weighted by Gasteiger charge is -2.29. The van der Waals surface area contributed by atoms with Crippen LogP contribution in [0.4, 0.5) is 0 Å². The molecule has 0 saturated heterocycles. The summed E-state index contributed by atoms with van der Waals surface area (Å²) in [4.78, 5) is 29.0. The van der Waals surface area contributed by atoms with Crippen molar-refractivity contribution in [2.24, 2.45) is 5.92 Å². The van der Waals surface area contributed by atoms with E-state index in [0.717, 1.165) is 35.4 Å². The molecule has 1 aliphatic rings. The number of carboxylic acid groups (broad SMARTS) is 1. The second-order valence-electron chi connectivity index (χ2n) is 8.06. The predicted octanol–water partition coefficient (Wildman–Crippen LogP) is 3.39. The topological polar surface area (TPSA) is 96.6 Å². The molecule has 1 amide bonds. The molecule has 1 aromatic carbocycles. The Morgan fingerprint density at radius 1 is 1.24 bits per heavy atom. The second kappa shape index (κ2) is 6.99. The number of benzene rings is 1. The molecule has 1 fully saturated rings. The summed E-state index contributed by atoms with van der Waals surface area (Å²) in [6.07, 6.45) is 1.75. The Balaban J connectivity index is 1.75. The minimum absolute atomic E-state index is 0.105. The van der Waals surface area contributed by atoms with E-state index in [2.05, 4.69) is 15.4 Å². The highest BCUT2D eigenvalue weighted by molar-refractivity contribution is 5.94. The molecule has 29 heavy (non-hydrogen) atoms. The summed E-state index contributed by atoms with van der Waals surface area (Å²) in [5, 5.41) is 16.8. The van der Waals surface area contributed by atoms with Crippen molar-refractivity contribution in [2.45, 2.75) is 45.6 Å². The number of nitrogens with zero attached hydrogens (tertiary/aromatic N) is 3. The molecule has 2 heterocycles. The number of nitrogens with one attached hydrogen (secondary N) is 1. The van der Waals surface area contributed by atoms with Crippen LogP contribution in [0.5, 0.6) is 0 Å². The van der Waals surface area contributed by atoms with Crippen molar-refractivity contribution in [1.82, 2.24) is 19.9 Å². The number of fused-ring (bicyclic) bond motifs is 1. The standard InChI is InChI=1S/C22H24N4O3/c1-13-11-17(21(29)24-22(3,12-18(27)28)16-9-10-16)23-20-19(14(2)25-26(13)20)15-7-5-4-6-8-15/h4-8,11,16H,9-10,12H2,1-3H3,(H,24,29)(H,27,28). The second-order valence-corrected chi connectivity index (χ2v) is 8.06. The summed E-state index contributed by atoms with van der Waals surface area (Å²) in [6, 6.07) is 11.5. The molecule has 1 atom stereocenters. The lowest BCUT2D eigenvalue weighted by molar-refractivity contribution is -0.138. The van der Waals surface area contributed by atoms with Crippen molar-refractivity contribution in [3.63, 3.8) is 0 Å². The smallest absolute Gasteiger partial charge is 0.305 e. The summed E-state index contributed by atoms with van der Waals surface area (Å²) in [5.74, 6) is -1.09. The summed E-state index contributed by atoms with van der Waals surface area (Å²) >= 11 is 0. The molecule has 1 aliphatic carbocycles. The van der Waals surface area contributed by atoms with Gasteiger partial charge in [-0.2, -0.15) is 5.10 Å². The summed E-state index contributed by atoms with van der Waals surface area (Å²) in [6.45, 7) is 5.61. The minimum Gasteiger partial charge on any atom is -0.481 e. The van der Waals surface area contributed by atoms with Crippen molar-refractivity contribution >= 4 is 17.5 Å². The van der Waals surface area contributed by atoms with Crippen molar-refractivity contribution in [1.29, 1.82) is 0 Å². The highest BCUT2D eigenvalue weighted by Crippen LogP contribution is 2.41. The van der Waals surface area contributed by atoms with Crippen LogP contribution >= 0.6 is 0 Å². The molecule has 0 aliphatic heterocycles. The number of aryl methyl sites for hydroxylation is 2. The molecule has 150 valence electrons. The summed E-state index contributed by atoms with van der Waals surface area (Å²) in [7, 11) is 0. The third-order valence-electron chi connectivity index (χ3n) is 5.63. The first kappa shape index (κ1) is 19.1. The van der Waals surface area contributed by atoms with E-state index in [9.17, 15) is 14.7 Å². The molecule has 0 bridgehead atoms. The number of carbonyl (C=O) groups excluding carboxylic acids is 1. The van der Waals surface area contributed by atoms with Crippen molar-refractivity contribution in [3.05, 3.63) is 53.5 Å². The fourth-order valence-corrected chi connectivity index (χ4v) is 3.98. The molecule has 2 aromatic heterocycles. The van der Waals surface area contributed by atoms with Gasteiger partial charge in [0, 0.05) is 11.3 Å². The number of aromatic nitrogens is 3. The van der Waals surface area contributed by atoms with Gasteiger partial charge in [-0.3, -0.25) is 9.59 Å². The van der Waals surface area contributed by atoms with Crippen LogP contribution in [0.3, 0.4) is 0 Å². The number of hydrogen-bond acceptors (Lipinski definition) is 4. The van der Waals surface area contributed by atoms with Gasteiger partial charge in [-0.05, 0) is 51.2 Å². The predicted molar refractivity (Wildman–Crippen MR) is 109 cm³/mol. The normalized spacial score (nSPS) is 15.8. The highest BCUT2D eigenvalue weighted by atomic mass is 16.4. The Morgan fingerprint density at radius 2 is 1.93 bits per heavy atom. The first-order valence-corrected chi connectivity index (χ1v) is 9.75. The lowest BCUT2D eigenvalue weighted by Crippen LogP contribution is -2.49. The summed E-state index contributed by atoms with van der Waals surface area (Å²) in [5.41, 5.74) is 3.60. The van der Waals surface area contributed by atoms with E-state index in [1.807, 2.05) is 44.2 Å². The fraction of sp³-hybridized carbons (Fsp3) is 0.364. The Labute approximate surface area is 168 Å². The third kappa shape index (κ3) is 3.60. The quantitative estimate of drug-likeness (QED) is 0.670. The Kier molecular flexibility index (Phi) is 4.61. The first-order chi connectivity index (χ1) is 13.8. The first-order valence-electron chi connectivity index (χ1n) is 9.75. The molecule has 3 aromatic rings. The Bertz CT molecular complexity index is 1100. The van der Waals surface area contributed by atoms with Gasteiger partial charge in [-0.15, -0.1) is 0 Å². The van der Waals surface area contributed by atoms with Crippen LogP contribution in [0.25, 0.3) is 16.8 Å². The van der Waals surface area contributed by atoms with Crippen molar-refractivity contribution in [2.75, 3.05) is 0 Å². The Hall–Kier alpha value is -3.22. The van der Waals surface area contributed by atoms with Gasteiger partial charge in [0.2, 0.25) is 0 Å². The van der Waals surface area contributed by atoms with Crippen LogP contribution in [0.15, 0.2) is 36.4 Å². The fourth-order valence-electron chi connectivity index (χ4n) is 3.98. The van der Waals surface area contributed by atoms with Gasteiger partial charge in [0.15, 0.2) is 5.65 Å². The minimum atomic E-state index is -0.919. The van der Waals surface area contributed by atoms with E-state index in [1.54, 1.807) is 17.5 Å². The van der Waals surface area contributed by atoms with Crippen LogP contribution in [-0.4, -0.2) is 37.1 Å². The van der Waals surface area contributed by atoms with E-state index < -0.39 is 11.5 Å². The maximum atomic E-state index is 13.0. The van der Waals surface area contributed by atoms with Crippen LogP contribution in [0, 0.1) is 19.8 Å². The zero-order valence-electron chi connectivity index (χ0n) is 16.8. The lowest BCUT2D eigenvalue weighted by atomic mass is 9.91. The third-order valence-corrected chi connectivity index (χ3v) is 5.63. The Morgan fingerprint density at radius 3 is 2.55 bits per heavy atom. The van der Waals surface area contributed by atoms with E-state index in [-0.39, 0.29) is 23.9 Å². The van der Waals surface area contributed by atoms with E-state index >= 15 is 0 Å². The number of rotatable bonds is 6. The number of amides is 1. The van der Waals surface area contributed by atoms with E-state index in [0.29, 0.717) is 5.65 Å². The van der Waals surface area contributed by atoms with Gasteiger partial charge < -0.3 is 10.4 Å². The molecule has 0 radical (unpaired) electrons. The summed E-state index contributed by atoms with van der Waals surface area (Å²) < 4.78 is 1.74. The molecule has 4 rings (SSSR count). The van der Waals surface area contributed by atoms with Crippen LogP contribution in [0.1, 0.15) is 48.1 Å². The van der Waals surface area contributed by atoms with E-state index in [1.165, 1.54) is 0 Å². The molecule has 1 unspecified atom stereocenters. The van der Waals surface area contributed by atoms with Gasteiger partial charge in [0.05, 0.1) is 17.7 Å². The van der Waals surface area contributed by atoms with Gasteiger partial charge in [0.25, 0.3) is 5.91 Å². The maximum absolute atomic E-state index is 13.0. The van der Waals surface area contributed by atoms with Gasteiger partial charge in [-0.25, -0.2) is 9.50 Å². The zero-order chi connectivity index (χ0) is 20.8. The van der Waals surface area contributed by atoms with Gasteiger partial charge >= 0.3 is 5.97 Å². The molecule has 7 heteroatoms. The maximum Gasteiger partial charge on any atom is 0.305 e. The highest BCUT2D eigenvalue weighted by Gasteiger charge is 2.44. The van der Waals surface area contributed by atoms with Gasteiger partial charge in [-0.1, -0.05) is 30.3 Å². The monoisotopic (exact) mass is 392 g/mol. The molecular weight excluding hydrogens is 368 g/mol. The molecule has 1 saturated carbocycles. The van der Waals surface area contributed by atoms with Crippen molar-refractivity contribution < 1.29 is 14.7 Å². The number of carboxylic acids is 1. The molecule has 7 nitrogen and oxygen atoms in total. The molecule has 0 spiro atoms. The van der Waals surface area contributed by atoms with Crippen LogP contribution in [-0.2, 0) is 4.79 Å². The molecule has 2 N–H and O–H groups in total. The van der Waals surface area contributed by atoms with Crippen LogP contribution in [0.2, 0.25) is 0 Å². The average molecular weight is 392 g/mol. The SMILES string of the molecule is Cc1nn2c(C)cc(C(=O)NC(C)(CC(=O)O)C3CC3)nc2c1-c1ccccc1. The molecular formula is C22H24N4O3. The van der Waals surface area contributed by atoms with Crippen molar-refractivity contribution in [3.8, 4) is 11.1 Å². The zero-order valence-corrected chi connectivity index (χ0v) is 16.8. The number of hydrogen-bond donors (Lipinski definition) is 2. The average Bonchev–Trinajstić information content (AvgIpc) is 3.45. The van der Waals surface area contributed by atoms with Crippen LogP contribution < -0.4 is 5.32 Å². The largest absolute Gasteiger partial charge is 0.481 e.